The Hall–Kier alpha value is -1.74. The van der Waals surface area contributed by atoms with Crippen LogP contribution in [0.1, 0.15) is 28.2 Å². The van der Waals surface area contributed by atoms with Gasteiger partial charge in [-0.05, 0) is 6.07 Å². The molecule has 2 N–H and O–H groups in total. The predicted octanol–water partition coefficient (Wildman–Crippen LogP) is 1.64. The van der Waals surface area contributed by atoms with Gasteiger partial charge in [-0.15, -0.1) is 0 Å². The molecule has 4 nitrogen and oxygen atoms in total. The van der Waals surface area contributed by atoms with Gasteiger partial charge in [-0.25, -0.2) is 13.8 Å². The fourth-order valence-corrected chi connectivity index (χ4v) is 1.22. The largest absolute Gasteiger partial charge is 0.364 e. The van der Waals surface area contributed by atoms with Crippen LogP contribution in [0.3, 0.4) is 0 Å². The molecule has 0 aliphatic heterocycles. The predicted molar refractivity (Wildman–Crippen MR) is 47.4 cm³/mol. The number of nitrogens with zero attached hydrogens (tertiary/aromatic N) is 2. The molecule has 0 fully saturated rings. The maximum Gasteiger partial charge on any atom is 0.268 e. The van der Waals surface area contributed by atoms with Gasteiger partial charge < -0.3 is 5.73 Å². The first-order valence-electron chi connectivity index (χ1n) is 3.66. The molecule has 0 aliphatic rings. The number of pyridine rings is 1. The summed E-state index contributed by atoms with van der Waals surface area (Å²) in [5.41, 5.74) is 3.27. The molecule has 7 heteroatoms. The molecule has 0 saturated carbocycles. The van der Waals surface area contributed by atoms with E-state index in [9.17, 15) is 13.6 Å². The van der Waals surface area contributed by atoms with Crippen molar-refractivity contribution in [2.24, 2.45) is 5.73 Å². The smallest absolute Gasteiger partial charge is 0.268 e. The molecule has 0 unspecified atom stereocenters. The van der Waals surface area contributed by atoms with E-state index < -0.39 is 28.6 Å². The molecule has 0 atom stereocenters. The Morgan fingerprint density at radius 3 is 2.67 bits per heavy atom. The number of carbonyl (C=O) groups excluding carboxylic acids is 1. The zero-order valence-electron chi connectivity index (χ0n) is 7.17. The maximum atomic E-state index is 12.4. The number of hydrogen-bond donors (Lipinski definition) is 1. The molecule has 1 rings (SSSR count). The Labute approximate surface area is 88.3 Å². The number of halogens is 3. The first-order valence-corrected chi connectivity index (χ1v) is 4.03. The van der Waals surface area contributed by atoms with E-state index in [0.717, 1.165) is 6.07 Å². The molecule has 0 saturated heterocycles. The summed E-state index contributed by atoms with van der Waals surface area (Å²) in [6.07, 6.45) is -2.93. The van der Waals surface area contributed by atoms with Gasteiger partial charge in [0.25, 0.3) is 12.3 Å². The van der Waals surface area contributed by atoms with Crippen LogP contribution >= 0.6 is 11.6 Å². The third-order valence-electron chi connectivity index (χ3n) is 1.58. The topological polar surface area (TPSA) is 79.8 Å². The number of amides is 1. The lowest BCUT2D eigenvalue weighted by molar-refractivity contribution is 0.0994. The molecule has 0 spiro atoms. The van der Waals surface area contributed by atoms with Gasteiger partial charge in [0.2, 0.25) is 0 Å². The normalized spacial score (nSPS) is 10.1. The first-order chi connectivity index (χ1) is 6.97. The third-order valence-corrected chi connectivity index (χ3v) is 1.90. The average molecular weight is 232 g/mol. The van der Waals surface area contributed by atoms with E-state index in [1.165, 1.54) is 6.07 Å². The van der Waals surface area contributed by atoms with Gasteiger partial charge in [0.05, 0.1) is 10.6 Å². The molecule has 1 aromatic heterocycles. The molecular formula is C8H4ClF2N3O. The van der Waals surface area contributed by atoms with E-state index >= 15 is 0 Å². The number of aromatic nitrogens is 1. The Balaban J connectivity index is 3.46. The molecule has 15 heavy (non-hydrogen) atoms. The number of alkyl halides is 2. The summed E-state index contributed by atoms with van der Waals surface area (Å²) >= 11 is 5.47. The molecule has 78 valence electrons. The van der Waals surface area contributed by atoms with E-state index in [-0.39, 0.29) is 5.69 Å². The van der Waals surface area contributed by atoms with Crippen LogP contribution in [0.15, 0.2) is 6.07 Å². The summed E-state index contributed by atoms with van der Waals surface area (Å²) in [4.78, 5) is 14.1. The van der Waals surface area contributed by atoms with Crippen LogP contribution in [-0.2, 0) is 0 Å². The lowest BCUT2D eigenvalue weighted by Gasteiger charge is -2.05. The fourth-order valence-electron chi connectivity index (χ4n) is 0.943. The third kappa shape index (κ3) is 2.19. The van der Waals surface area contributed by atoms with Crippen molar-refractivity contribution in [1.29, 1.82) is 5.26 Å². The monoisotopic (exact) mass is 231 g/mol. The van der Waals surface area contributed by atoms with Crippen molar-refractivity contribution in [3.63, 3.8) is 0 Å². The minimum Gasteiger partial charge on any atom is -0.364 e. The Kier molecular flexibility index (Phi) is 3.17. The van der Waals surface area contributed by atoms with E-state index in [1.807, 2.05) is 0 Å². The number of primary amides is 1. The van der Waals surface area contributed by atoms with E-state index in [2.05, 4.69) is 4.98 Å². The Morgan fingerprint density at radius 2 is 2.27 bits per heavy atom. The van der Waals surface area contributed by atoms with Crippen LogP contribution in [0.25, 0.3) is 0 Å². The number of hydrogen-bond acceptors (Lipinski definition) is 3. The van der Waals surface area contributed by atoms with Gasteiger partial charge in [-0.3, -0.25) is 4.79 Å². The van der Waals surface area contributed by atoms with Crippen LogP contribution in [0, 0.1) is 11.3 Å². The summed E-state index contributed by atoms with van der Waals surface area (Å²) in [5.74, 6) is -0.936. The van der Waals surface area contributed by atoms with E-state index in [0.29, 0.717) is 0 Å². The van der Waals surface area contributed by atoms with Gasteiger partial charge >= 0.3 is 0 Å². The summed E-state index contributed by atoms with van der Waals surface area (Å²) in [7, 11) is 0. The second kappa shape index (κ2) is 4.19. The minimum atomic E-state index is -2.93. The van der Waals surface area contributed by atoms with Crippen molar-refractivity contribution in [2.75, 3.05) is 0 Å². The summed E-state index contributed by atoms with van der Waals surface area (Å²) in [5, 5.41) is 8.14. The fraction of sp³-hybridized carbons (Fsp3) is 0.125. The maximum absolute atomic E-state index is 12.4. The highest BCUT2D eigenvalue weighted by Gasteiger charge is 2.20. The zero-order valence-corrected chi connectivity index (χ0v) is 7.92. The molecule has 1 amide bonds. The van der Waals surface area contributed by atoms with Gasteiger partial charge in [0.15, 0.2) is 5.69 Å². The molecule has 0 aromatic carbocycles. The second-order valence-corrected chi connectivity index (χ2v) is 2.94. The molecule has 0 radical (unpaired) electrons. The van der Waals surface area contributed by atoms with Crippen molar-refractivity contribution in [3.8, 4) is 6.07 Å². The van der Waals surface area contributed by atoms with Gasteiger partial charge in [-0.1, -0.05) is 11.6 Å². The van der Waals surface area contributed by atoms with Crippen LogP contribution in [0.4, 0.5) is 8.78 Å². The molecular weight excluding hydrogens is 228 g/mol. The summed E-state index contributed by atoms with van der Waals surface area (Å²) < 4.78 is 24.8. The van der Waals surface area contributed by atoms with E-state index in [4.69, 9.17) is 22.6 Å². The highest BCUT2D eigenvalue weighted by molar-refractivity contribution is 6.31. The molecule has 0 aliphatic carbocycles. The second-order valence-electron chi connectivity index (χ2n) is 2.53. The van der Waals surface area contributed by atoms with E-state index in [1.54, 1.807) is 0 Å². The summed E-state index contributed by atoms with van der Waals surface area (Å²) in [6, 6.07) is 2.34. The Bertz CT molecular complexity index is 456. The quantitative estimate of drug-likeness (QED) is 0.840. The van der Waals surface area contributed by atoms with Crippen molar-refractivity contribution >= 4 is 17.5 Å². The number of carbonyl (C=O) groups is 1. The van der Waals surface area contributed by atoms with Crippen LogP contribution in [0.5, 0.6) is 0 Å². The summed E-state index contributed by atoms with van der Waals surface area (Å²) in [6.45, 7) is 0. The van der Waals surface area contributed by atoms with Crippen LogP contribution in [0.2, 0.25) is 5.02 Å². The molecule has 1 heterocycles. The lowest BCUT2D eigenvalue weighted by Crippen LogP contribution is -2.14. The number of nitriles is 1. The minimum absolute atomic E-state index is 0.319. The van der Waals surface area contributed by atoms with Crippen LogP contribution < -0.4 is 5.73 Å². The van der Waals surface area contributed by atoms with Gasteiger partial charge in [-0.2, -0.15) is 5.26 Å². The van der Waals surface area contributed by atoms with Crippen molar-refractivity contribution < 1.29 is 13.6 Å². The van der Waals surface area contributed by atoms with Crippen molar-refractivity contribution in [3.05, 3.63) is 28.0 Å². The first kappa shape index (κ1) is 11.3. The van der Waals surface area contributed by atoms with Crippen molar-refractivity contribution in [2.45, 2.75) is 6.43 Å². The van der Waals surface area contributed by atoms with Gasteiger partial charge in [0.1, 0.15) is 11.8 Å². The molecule has 0 bridgehead atoms. The highest BCUT2D eigenvalue weighted by atomic mass is 35.5. The SMILES string of the molecule is N#Cc1nc(C(N)=O)cc(Cl)c1C(F)F. The number of nitrogens with two attached hydrogens (primary N) is 1. The lowest BCUT2D eigenvalue weighted by atomic mass is 10.2. The zero-order chi connectivity index (χ0) is 11.6. The highest BCUT2D eigenvalue weighted by Crippen LogP contribution is 2.29. The Morgan fingerprint density at radius 1 is 1.67 bits per heavy atom. The molecule has 1 aromatic rings. The van der Waals surface area contributed by atoms with Crippen LogP contribution in [-0.4, -0.2) is 10.9 Å². The van der Waals surface area contributed by atoms with Gasteiger partial charge in [0, 0.05) is 0 Å². The standard InChI is InChI=1S/C8H4ClF2N3O/c9-3-1-4(8(13)15)14-5(2-12)6(3)7(10)11/h1,7H,(H2,13,15). The number of rotatable bonds is 2. The van der Waals surface area contributed by atoms with Crippen molar-refractivity contribution in [1.82, 2.24) is 4.98 Å². The average Bonchev–Trinajstić information content (AvgIpc) is 2.15.